The van der Waals surface area contributed by atoms with Crippen LogP contribution < -0.4 is 0 Å². The number of amides is 1. The smallest absolute Gasteiger partial charge is 0.295 e. The van der Waals surface area contributed by atoms with Gasteiger partial charge in [-0.3, -0.25) is 4.79 Å². The standard InChI is InChI=1S/C22H16ClN3O3/c23-16-9-5-14(6-10-16)13-26-19-4-2-1-3-18(19)20(22(26)29)24-25-21(28)15-7-11-17(27)12-8-15/h1-12,27,29H,13H2. The summed E-state index contributed by atoms with van der Waals surface area (Å²) in [7, 11) is 0. The van der Waals surface area contributed by atoms with Gasteiger partial charge in [0.1, 0.15) is 5.75 Å². The molecule has 4 aromatic rings. The first-order chi connectivity index (χ1) is 14.0. The molecule has 0 unspecified atom stereocenters. The van der Waals surface area contributed by atoms with E-state index in [1.807, 2.05) is 36.4 Å². The van der Waals surface area contributed by atoms with E-state index in [9.17, 15) is 15.0 Å². The zero-order chi connectivity index (χ0) is 20.4. The molecule has 0 saturated heterocycles. The molecule has 1 aromatic heterocycles. The highest BCUT2D eigenvalue weighted by Gasteiger charge is 2.17. The molecule has 0 aliphatic carbocycles. The molecule has 29 heavy (non-hydrogen) atoms. The van der Waals surface area contributed by atoms with Gasteiger partial charge in [-0.15, -0.1) is 10.2 Å². The maximum absolute atomic E-state index is 12.3. The van der Waals surface area contributed by atoms with Gasteiger partial charge in [-0.1, -0.05) is 41.9 Å². The Labute approximate surface area is 171 Å². The van der Waals surface area contributed by atoms with Crippen LogP contribution in [0.5, 0.6) is 11.6 Å². The van der Waals surface area contributed by atoms with Gasteiger partial charge < -0.3 is 14.8 Å². The van der Waals surface area contributed by atoms with Crippen molar-refractivity contribution in [2.24, 2.45) is 10.2 Å². The average Bonchev–Trinajstić information content (AvgIpc) is 2.99. The van der Waals surface area contributed by atoms with Crippen molar-refractivity contribution in [2.75, 3.05) is 0 Å². The second-order valence-electron chi connectivity index (χ2n) is 6.45. The first kappa shape index (κ1) is 18.7. The van der Waals surface area contributed by atoms with Crippen LogP contribution in [0.4, 0.5) is 5.69 Å². The normalized spacial score (nSPS) is 11.3. The fraction of sp³-hybridized carbons (Fsp3) is 0.0455. The molecular weight excluding hydrogens is 390 g/mol. The molecule has 144 valence electrons. The summed E-state index contributed by atoms with van der Waals surface area (Å²) in [5, 5.41) is 29.2. The van der Waals surface area contributed by atoms with E-state index in [0.717, 1.165) is 11.1 Å². The summed E-state index contributed by atoms with van der Waals surface area (Å²) in [6, 6.07) is 20.4. The van der Waals surface area contributed by atoms with Gasteiger partial charge in [-0.2, -0.15) is 0 Å². The van der Waals surface area contributed by atoms with E-state index in [4.69, 9.17) is 11.6 Å². The Morgan fingerprint density at radius 3 is 2.34 bits per heavy atom. The molecule has 0 spiro atoms. The molecule has 2 N–H and O–H groups in total. The van der Waals surface area contributed by atoms with Gasteiger partial charge in [-0.05, 0) is 48.0 Å². The molecule has 0 fully saturated rings. The van der Waals surface area contributed by atoms with Crippen molar-refractivity contribution in [1.29, 1.82) is 0 Å². The number of carbonyl (C=O) groups excluding carboxylic acids is 1. The van der Waals surface area contributed by atoms with Gasteiger partial charge >= 0.3 is 0 Å². The number of hydrogen-bond acceptors (Lipinski definition) is 4. The molecule has 6 nitrogen and oxygen atoms in total. The predicted octanol–water partition coefficient (Wildman–Crippen LogP) is 5.68. The van der Waals surface area contributed by atoms with Crippen molar-refractivity contribution >= 4 is 34.1 Å². The van der Waals surface area contributed by atoms with Crippen LogP contribution in [0.1, 0.15) is 15.9 Å². The van der Waals surface area contributed by atoms with Crippen LogP contribution in [0, 0.1) is 0 Å². The number of nitrogens with zero attached hydrogens (tertiary/aromatic N) is 3. The van der Waals surface area contributed by atoms with Crippen molar-refractivity contribution in [3.05, 3.63) is 88.9 Å². The molecule has 0 atom stereocenters. The number of benzene rings is 3. The van der Waals surface area contributed by atoms with Gasteiger partial charge in [0.2, 0.25) is 5.88 Å². The fourth-order valence-corrected chi connectivity index (χ4v) is 3.19. The monoisotopic (exact) mass is 405 g/mol. The molecule has 0 aliphatic heterocycles. The van der Waals surface area contributed by atoms with E-state index in [-0.39, 0.29) is 22.9 Å². The summed E-state index contributed by atoms with van der Waals surface area (Å²) in [5.74, 6) is -0.594. The van der Waals surface area contributed by atoms with Crippen molar-refractivity contribution in [1.82, 2.24) is 4.57 Å². The lowest BCUT2D eigenvalue weighted by molar-refractivity contribution is 0.0995. The number of carbonyl (C=O) groups is 1. The van der Waals surface area contributed by atoms with Gasteiger partial charge in [0.05, 0.1) is 12.1 Å². The first-order valence-electron chi connectivity index (χ1n) is 8.82. The number of para-hydroxylation sites is 1. The quantitative estimate of drug-likeness (QED) is 0.428. The summed E-state index contributed by atoms with van der Waals surface area (Å²) >= 11 is 5.95. The Kier molecular flexibility index (Phi) is 5.01. The van der Waals surface area contributed by atoms with Gasteiger partial charge in [-0.25, -0.2) is 0 Å². The third-order valence-corrected chi connectivity index (χ3v) is 4.78. The molecule has 0 saturated carbocycles. The number of hydrogen-bond donors (Lipinski definition) is 2. The van der Waals surface area contributed by atoms with E-state index in [2.05, 4.69) is 10.2 Å². The minimum absolute atomic E-state index is 0.0569. The number of fused-ring (bicyclic) bond motifs is 1. The van der Waals surface area contributed by atoms with Crippen molar-refractivity contribution < 1.29 is 15.0 Å². The average molecular weight is 406 g/mol. The van der Waals surface area contributed by atoms with Crippen LogP contribution >= 0.6 is 11.6 Å². The zero-order valence-electron chi connectivity index (χ0n) is 15.2. The molecule has 4 rings (SSSR count). The summed E-state index contributed by atoms with van der Waals surface area (Å²) in [5.41, 5.74) is 2.23. The second kappa shape index (κ2) is 7.77. The van der Waals surface area contributed by atoms with Crippen LogP contribution in [-0.2, 0) is 6.54 Å². The summed E-state index contributed by atoms with van der Waals surface area (Å²) in [4.78, 5) is 12.3. The van der Waals surface area contributed by atoms with Gasteiger partial charge in [0.15, 0.2) is 5.69 Å². The number of aromatic nitrogens is 1. The summed E-state index contributed by atoms with van der Waals surface area (Å²) in [6.45, 7) is 0.408. The summed E-state index contributed by atoms with van der Waals surface area (Å²) in [6.07, 6.45) is 0. The van der Waals surface area contributed by atoms with E-state index in [1.165, 1.54) is 24.3 Å². The van der Waals surface area contributed by atoms with E-state index < -0.39 is 5.91 Å². The third kappa shape index (κ3) is 3.83. The Bertz CT molecular complexity index is 1210. The molecular formula is C22H16ClN3O3. The Morgan fingerprint density at radius 1 is 0.931 bits per heavy atom. The van der Waals surface area contributed by atoms with E-state index in [1.54, 1.807) is 16.7 Å². The topological polar surface area (TPSA) is 87.2 Å². The van der Waals surface area contributed by atoms with Crippen molar-refractivity contribution in [3.63, 3.8) is 0 Å². The van der Waals surface area contributed by atoms with Crippen LogP contribution in [0.2, 0.25) is 5.02 Å². The molecule has 7 heteroatoms. The van der Waals surface area contributed by atoms with Crippen LogP contribution in [0.15, 0.2) is 83.0 Å². The molecule has 0 bridgehead atoms. The van der Waals surface area contributed by atoms with Crippen molar-refractivity contribution in [3.8, 4) is 11.6 Å². The maximum Gasteiger partial charge on any atom is 0.295 e. The number of phenols is 1. The maximum atomic E-state index is 12.3. The lowest BCUT2D eigenvalue weighted by atomic mass is 10.2. The highest BCUT2D eigenvalue weighted by atomic mass is 35.5. The lowest BCUT2D eigenvalue weighted by Crippen LogP contribution is -1.98. The zero-order valence-corrected chi connectivity index (χ0v) is 15.9. The lowest BCUT2D eigenvalue weighted by Gasteiger charge is -2.07. The Morgan fingerprint density at radius 2 is 1.62 bits per heavy atom. The molecule has 1 amide bonds. The number of azo groups is 1. The van der Waals surface area contributed by atoms with Crippen LogP contribution in [0.3, 0.4) is 0 Å². The predicted molar refractivity (Wildman–Crippen MR) is 111 cm³/mol. The number of phenolic OH excluding ortho intramolecular Hbond substituents is 1. The largest absolute Gasteiger partial charge is 0.508 e. The van der Waals surface area contributed by atoms with Gasteiger partial charge in [0, 0.05) is 16.0 Å². The fourth-order valence-electron chi connectivity index (χ4n) is 3.06. The second-order valence-corrected chi connectivity index (χ2v) is 6.89. The van der Waals surface area contributed by atoms with E-state index >= 15 is 0 Å². The minimum atomic E-state index is -0.570. The molecule has 0 radical (unpaired) electrons. The van der Waals surface area contributed by atoms with Crippen molar-refractivity contribution in [2.45, 2.75) is 6.54 Å². The molecule has 3 aromatic carbocycles. The van der Waals surface area contributed by atoms with Crippen LogP contribution in [0.25, 0.3) is 10.9 Å². The Balaban J connectivity index is 1.71. The number of aromatic hydroxyl groups is 2. The third-order valence-electron chi connectivity index (χ3n) is 4.53. The SMILES string of the molecule is O=C(N=Nc1c(O)n(Cc2ccc(Cl)cc2)c2ccccc12)c1ccc(O)cc1. The van der Waals surface area contributed by atoms with Crippen LogP contribution in [-0.4, -0.2) is 20.7 Å². The molecule has 1 heterocycles. The Hall–Kier alpha value is -3.64. The highest BCUT2D eigenvalue weighted by Crippen LogP contribution is 2.39. The number of rotatable bonds is 4. The summed E-state index contributed by atoms with van der Waals surface area (Å²) < 4.78 is 1.71. The molecule has 0 aliphatic rings. The number of halogens is 1. The highest BCUT2D eigenvalue weighted by molar-refractivity contribution is 6.30. The first-order valence-corrected chi connectivity index (χ1v) is 9.20. The minimum Gasteiger partial charge on any atom is -0.508 e. The van der Waals surface area contributed by atoms with Gasteiger partial charge in [0.25, 0.3) is 5.91 Å². The van der Waals surface area contributed by atoms with E-state index in [0.29, 0.717) is 17.0 Å².